The Kier molecular flexibility index (Phi) is 5.35. The minimum atomic E-state index is -0.449. The largest absolute Gasteiger partial charge is 0.354 e. The lowest BCUT2D eigenvalue weighted by atomic mass is 10.1. The number of amides is 3. The first-order valence-electron chi connectivity index (χ1n) is 6.15. The maximum Gasteiger partial charge on any atom is 0.288 e. The molecule has 1 N–H and O–H groups in total. The van der Waals surface area contributed by atoms with E-state index in [2.05, 4.69) is 21.2 Å². The van der Waals surface area contributed by atoms with Crippen LogP contribution in [-0.2, 0) is 16.0 Å². The van der Waals surface area contributed by atoms with E-state index in [0.29, 0.717) is 4.47 Å². The Bertz CT molecular complexity index is 581. The standard InChI is InChI=1S/C13H12BrFN2O3S/c14-9-1-2-10(15)8(5-9)6-11(18)16-3-4-17-12(19)7-21-13(17)20/h1-2,5H,3-4,6-7H2,(H,16,18). The van der Waals surface area contributed by atoms with Gasteiger partial charge in [-0.2, -0.15) is 0 Å². The van der Waals surface area contributed by atoms with Crippen LogP contribution in [0.1, 0.15) is 5.56 Å². The summed E-state index contributed by atoms with van der Waals surface area (Å²) in [6, 6.07) is 4.38. The molecule has 0 radical (unpaired) electrons. The zero-order valence-electron chi connectivity index (χ0n) is 10.9. The molecule has 1 saturated heterocycles. The van der Waals surface area contributed by atoms with E-state index in [1.807, 2.05) is 0 Å². The van der Waals surface area contributed by atoms with Crippen molar-refractivity contribution in [3.8, 4) is 0 Å². The van der Waals surface area contributed by atoms with Crippen LogP contribution in [0.4, 0.5) is 9.18 Å². The third-order valence-electron chi connectivity index (χ3n) is 2.86. The van der Waals surface area contributed by atoms with E-state index in [-0.39, 0.29) is 47.9 Å². The molecule has 1 aliphatic rings. The van der Waals surface area contributed by atoms with E-state index in [0.717, 1.165) is 16.7 Å². The molecule has 0 atom stereocenters. The molecule has 2 rings (SSSR count). The molecular formula is C13H12BrFN2O3S. The zero-order chi connectivity index (χ0) is 15.4. The van der Waals surface area contributed by atoms with E-state index in [4.69, 9.17) is 0 Å². The van der Waals surface area contributed by atoms with Crippen LogP contribution in [0.25, 0.3) is 0 Å². The summed E-state index contributed by atoms with van der Waals surface area (Å²) >= 11 is 4.16. The molecule has 0 saturated carbocycles. The minimum Gasteiger partial charge on any atom is -0.354 e. The van der Waals surface area contributed by atoms with Crippen molar-refractivity contribution in [1.82, 2.24) is 10.2 Å². The van der Waals surface area contributed by atoms with Gasteiger partial charge in [0.15, 0.2) is 0 Å². The molecule has 0 unspecified atom stereocenters. The van der Waals surface area contributed by atoms with Gasteiger partial charge in [0.1, 0.15) is 5.82 Å². The maximum atomic E-state index is 13.5. The molecule has 1 heterocycles. The number of nitrogens with zero attached hydrogens (tertiary/aromatic N) is 1. The number of thioether (sulfide) groups is 1. The fraction of sp³-hybridized carbons (Fsp3) is 0.308. The van der Waals surface area contributed by atoms with Gasteiger partial charge in [0, 0.05) is 17.6 Å². The first kappa shape index (κ1) is 16.0. The van der Waals surface area contributed by atoms with Gasteiger partial charge < -0.3 is 5.32 Å². The second-order valence-electron chi connectivity index (χ2n) is 4.36. The normalized spacial score (nSPS) is 14.7. The van der Waals surface area contributed by atoms with Gasteiger partial charge in [0.05, 0.1) is 12.2 Å². The lowest BCUT2D eigenvalue weighted by Gasteiger charge is -2.13. The Balaban J connectivity index is 1.81. The Morgan fingerprint density at radius 3 is 2.86 bits per heavy atom. The van der Waals surface area contributed by atoms with Crippen molar-refractivity contribution in [2.24, 2.45) is 0 Å². The van der Waals surface area contributed by atoms with Crippen LogP contribution in [-0.4, -0.2) is 40.8 Å². The number of carbonyl (C=O) groups excluding carboxylic acids is 3. The third-order valence-corrected chi connectivity index (χ3v) is 4.21. The van der Waals surface area contributed by atoms with Gasteiger partial charge in [-0.15, -0.1) is 0 Å². The third kappa shape index (κ3) is 4.28. The van der Waals surface area contributed by atoms with Crippen LogP contribution >= 0.6 is 27.7 Å². The van der Waals surface area contributed by atoms with Crippen molar-refractivity contribution in [2.75, 3.05) is 18.8 Å². The van der Waals surface area contributed by atoms with E-state index < -0.39 is 5.82 Å². The molecule has 5 nitrogen and oxygen atoms in total. The fourth-order valence-corrected chi connectivity index (χ4v) is 2.98. The lowest BCUT2D eigenvalue weighted by molar-refractivity contribution is -0.125. The van der Waals surface area contributed by atoms with E-state index >= 15 is 0 Å². The van der Waals surface area contributed by atoms with Gasteiger partial charge in [0.25, 0.3) is 5.24 Å². The van der Waals surface area contributed by atoms with Gasteiger partial charge in [-0.05, 0) is 23.8 Å². The molecule has 0 bridgehead atoms. The van der Waals surface area contributed by atoms with Crippen molar-refractivity contribution >= 4 is 44.7 Å². The Labute approximate surface area is 133 Å². The fourth-order valence-electron chi connectivity index (χ4n) is 1.82. The summed E-state index contributed by atoms with van der Waals surface area (Å²) in [4.78, 5) is 35.5. The van der Waals surface area contributed by atoms with Crippen LogP contribution in [0.2, 0.25) is 0 Å². The number of carbonyl (C=O) groups is 3. The first-order valence-corrected chi connectivity index (χ1v) is 7.93. The number of benzene rings is 1. The molecule has 0 aromatic heterocycles. The average molecular weight is 375 g/mol. The summed E-state index contributed by atoms with van der Waals surface area (Å²) in [7, 11) is 0. The second-order valence-corrected chi connectivity index (χ2v) is 6.20. The van der Waals surface area contributed by atoms with Crippen molar-refractivity contribution in [1.29, 1.82) is 0 Å². The van der Waals surface area contributed by atoms with Crippen LogP contribution in [0.15, 0.2) is 22.7 Å². The van der Waals surface area contributed by atoms with Gasteiger partial charge in [-0.25, -0.2) is 4.39 Å². The van der Waals surface area contributed by atoms with Crippen molar-refractivity contribution in [2.45, 2.75) is 6.42 Å². The lowest BCUT2D eigenvalue weighted by Crippen LogP contribution is -2.38. The highest BCUT2D eigenvalue weighted by Gasteiger charge is 2.29. The van der Waals surface area contributed by atoms with Crippen LogP contribution in [0.5, 0.6) is 0 Å². The SMILES string of the molecule is O=C(Cc1cc(Br)ccc1F)NCCN1C(=O)CSC1=O. The Hall–Kier alpha value is -1.41. The number of halogens is 2. The molecule has 112 valence electrons. The van der Waals surface area contributed by atoms with Crippen LogP contribution in [0, 0.1) is 5.82 Å². The van der Waals surface area contributed by atoms with Crippen molar-refractivity contribution in [3.05, 3.63) is 34.1 Å². The van der Waals surface area contributed by atoms with Crippen LogP contribution in [0.3, 0.4) is 0 Å². The molecule has 8 heteroatoms. The smallest absolute Gasteiger partial charge is 0.288 e. The van der Waals surface area contributed by atoms with E-state index in [1.54, 1.807) is 12.1 Å². The molecule has 1 aliphatic heterocycles. The van der Waals surface area contributed by atoms with Gasteiger partial charge in [-0.1, -0.05) is 27.7 Å². The number of hydrogen-bond acceptors (Lipinski definition) is 4. The number of hydrogen-bond donors (Lipinski definition) is 1. The summed E-state index contributed by atoms with van der Waals surface area (Å²) in [6.07, 6.45) is -0.0953. The first-order chi connectivity index (χ1) is 9.97. The van der Waals surface area contributed by atoms with Crippen molar-refractivity contribution in [3.63, 3.8) is 0 Å². The Morgan fingerprint density at radius 1 is 1.43 bits per heavy atom. The molecule has 3 amide bonds. The highest BCUT2D eigenvalue weighted by molar-refractivity contribution is 9.10. The summed E-state index contributed by atoms with van der Waals surface area (Å²) in [5.41, 5.74) is 0.283. The number of rotatable bonds is 5. The summed E-state index contributed by atoms with van der Waals surface area (Å²) in [5.74, 6) is -0.915. The molecular weight excluding hydrogens is 363 g/mol. The molecule has 21 heavy (non-hydrogen) atoms. The second kappa shape index (κ2) is 7.04. The highest BCUT2D eigenvalue weighted by atomic mass is 79.9. The maximum absolute atomic E-state index is 13.5. The molecule has 0 aliphatic carbocycles. The molecule has 1 aromatic carbocycles. The van der Waals surface area contributed by atoms with Crippen LogP contribution < -0.4 is 5.32 Å². The quantitative estimate of drug-likeness (QED) is 0.855. The highest BCUT2D eigenvalue weighted by Crippen LogP contribution is 2.18. The summed E-state index contributed by atoms with van der Waals surface area (Å²) in [6.45, 7) is 0.296. The van der Waals surface area contributed by atoms with Gasteiger partial charge >= 0.3 is 0 Å². The number of nitrogens with one attached hydrogen (secondary N) is 1. The minimum absolute atomic E-state index is 0.0953. The van der Waals surface area contributed by atoms with E-state index in [9.17, 15) is 18.8 Å². The monoisotopic (exact) mass is 374 g/mol. The topological polar surface area (TPSA) is 66.5 Å². The Morgan fingerprint density at radius 2 is 2.19 bits per heavy atom. The zero-order valence-corrected chi connectivity index (χ0v) is 13.3. The van der Waals surface area contributed by atoms with Crippen molar-refractivity contribution < 1.29 is 18.8 Å². The molecule has 1 fully saturated rings. The average Bonchev–Trinajstić information content (AvgIpc) is 2.74. The number of imide groups is 1. The molecule has 0 spiro atoms. The van der Waals surface area contributed by atoms with E-state index in [1.165, 1.54) is 6.07 Å². The predicted octanol–water partition coefficient (Wildman–Crippen LogP) is 1.94. The van der Waals surface area contributed by atoms with Gasteiger partial charge in [0.2, 0.25) is 11.8 Å². The molecule has 1 aromatic rings. The predicted molar refractivity (Wildman–Crippen MR) is 80.4 cm³/mol. The van der Waals surface area contributed by atoms with Gasteiger partial charge in [-0.3, -0.25) is 19.3 Å². The summed E-state index contributed by atoms with van der Waals surface area (Å²) in [5, 5.41) is 2.27. The summed E-state index contributed by atoms with van der Waals surface area (Å²) < 4.78 is 14.2.